The van der Waals surface area contributed by atoms with Crippen LogP contribution < -0.4 is 10.6 Å². The van der Waals surface area contributed by atoms with Crippen molar-refractivity contribution in [3.8, 4) is 11.3 Å². The summed E-state index contributed by atoms with van der Waals surface area (Å²) in [6.07, 6.45) is 7.04. The first-order valence-corrected chi connectivity index (χ1v) is 12.3. The van der Waals surface area contributed by atoms with Crippen molar-refractivity contribution in [2.45, 2.75) is 42.9 Å². The molecule has 2 atom stereocenters. The fourth-order valence-corrected chi connectivity index (χ4v) is 4.48. The molecular formula is C23H26ClFN6OS. The van der Waals surface area contributed by atoms with Crippen LogP contribution in [0.4, 0.5) is 16.2 Å². The van der Waals surface area contributed by atoms with E-state index in [9.17, 15) is 4.39 Å². The second kappa shape index (κ2) is 10.2. The number of aliphatic imine (C=N–C) groups is 2. The summed E-state index contributed by atoms with van der Waals surface area (Å²) in [7, 11) is 0. The predicted octanol–water partition coefficient (Wildman–Crippen LogP) is 4.66. The van der Waals surface area contributed by atoms with Crippen LogP contribution >= 0.6 is 23.4 Å². The Labute approximate surface area is 202 Å². The van der Waals surface area contributed by atoms with Gasteiger partial charge in [-0.15, -0.1) is 11.8 Å². The van der Waals surface area contributed by atoms with E-state index in [4.69, 9.17) is 27.1 Å². The SMILES string of the molecule is C=Nc1nc(N2CC(C)OC(/C(C=NC3CC3)=C/N)C2)nc(-c2ccc(Cl)cc2F)c1SC. The van der Waals surface area contributed by atoms with E-state index < -0.39 is 5.82 Å². The van der Waals surface area contributed by atoms with Crippen LogP contribution in [-0.4, -0.2) is 60.5 Å². The molecule has 0 amide bonds. The summed E-state index contributed by atoms with van der Waals surface area (Å²) in [5.74, 6) is 0.364. The first kappa shape index (κ1) is 23.7. The Bertz CT molecular complexity index is 1110. The average molecular weight is 489 g/mol. The number of morpholine rings is 1. The van der Waals surface area contributed by atoms with E-state index in [0.717, 1.165) is 18.4 Å². The third kappa shape index (κ3) is 5.37. The quantitative estimate of drug-likeness (QED) is 0.450. The molecule has 174 valence electrons. The summed E-state index contributed by atoms with van der Waals surface area (Å²) >= 11 is 7.35. The number of thioether (sulfide) groups is 1. The lowest BCUT2D eigenvalue weighted by Gasteiger charge is -2.37. The smallest absolute Gasteiger partial charge is 0.228 e. The molecule has 2 heterocycles. The summed E-state index contributed by atoms with van der Waals surface area (Å²) in [5.41, 5.74) is 7.48. The number of halogens is 2. The molecule has 0 radical (unpaired) electrons. The van der Waals surface area contributed by atoms with Crippen molar-refractivity contribution in [3.05, 3.63) is 40.8 Å². The van der Waals surface area contributed by atoms with Gasteiger partial charge in [0.05, 0.1) is 29.3 Å². The maximum Gasteiger partial charge on any atom is 0.228 e. The van der Waals surface area contributed by atoms with Crippen LogP contribution in [0, 0.1) is 5.82 Å². The second-order valence-corrected chi connectivity index (χ2v) is 9.28. The molecule has 1 aliphatic heterocycles. The molecular weight excluding hydrogens is 463 g/mol. The minimum Gasteiger partial charge on any atom is -0.404 e. The number of nitrogens with zero attached hydrogens (tertiary/aromatic N) is 5. The number of hydrogen-bond donors (Lipinski definition) is 1. The minimum absolute atomic E-state index is 0.104. The minimum atomic E-state index is -0.463. The second-order valence-electron chi connectivity index (χ2n) is 8.03. The Morgan fingerprint density at radius 1 is 1.36 bits per heavy atom. The van der Waals surface area contributed by atoms with Crippen molar-refractivity contribution in [2.75, 3.05) is 24.2 Å². The largest absolute Gasteiger partial charge is 0.404 e. The van der Waals surface area contributed by atoms with E-state index in [1.807, 2.05) is 24.3 Å². The molecule has 1 saturated carbocycles. The summed E-state index contributed by atoms with van der Waals surface area (Å²) in [6.45, 7) is 6.68. The third-order valence-corrected chi connectivity index (χ3v) is 6.48. The van der Waals surface area contributed by atoms with Crippen molar-refractivity contribution in [1.29, 1.82) is 0 Å². The van der Waals surface area contributed by atoms with Crippen LogP contribution in [0.25, 0.3) is 11.3 Å². The highest BCUT2D eigenvalue weighted by molar-refractivity contribution is 7.98. The van der Waals surface area contributed by atoms with Gasteiger partial charge in [0.2, 0.25) is 5.95 Å². The highest BCUT2D eigenvalue weighted by Crippen LogP contribution is 2.38. The molecule has 10 heteroatoms. The van der Waals surface area contributed by atoms with Crippen molar-refractivity contribution in [1.82, 2.24) is 9.97 Å². The monoisotopic (exact) mass is 488 g/mol. The molecule has 1 aromatic carbocycles. The van der Waals surface area contributed by atoms with E-state index in [0.29, 0.717) is 52.1 Å². The highest BCUT2D eigenvalue weighted by Gasteiger charge is 2.31. The summed E-state index contributed by atoms with van der Waals surface area (Å²) in [4.78, 5) is 20.7. The van der Waals surface area contributed by atoms with Gasteiger partial charge in [-0.2, -0.15) is 4.98 Å². The molecule has 1 aliphatic carbocycles. The van der Waals surface area contributed by atoms with Gasteiger partial charge >= 0.3 is 0 Å². The van der Waals surface area contributed by atoms with Crippen LogP contribution in [0.5, 0.6) is 0 Å². The van der Waals surface area contributed by atoms with Crippen LogP contribution in [0.1, 0.15) is 19.8 Å². The number of aromatic nitrogens is 2. The lowest BCUT2D eigenvalue weighted by molar-refractivity contribution is 0.00664. The number of rotatable bonds is 7. The van der Waals surface area contributed by atoms with Gasteiger partial charge in [0.1, 0.15) is 11.9 Å². The van der Waals surface area contributed by atoms with Crippen LogP contribution in [0.2, 0.25) is 5.02 Å². The average Bonchev–Trinajstić information content (AvgIpc) is 3.63. The van der Waals surface area contributed by atoms with Crippen molar-refractivity contribution in [2.24, 2.45) is 15.7 Å². The van der Waals surface area contributed by atoms with E-state index in [1.165, 1.54) is 24.0 Å². The van der Waals surface area contributed by atoms with E-state index >= 15 is 0 Å². The summed E-state index contributed by atoms with van der Waals surface area (Å²) in [5, 5.41) is 0.317. The normalized spacial score (nSPS) is 21.6. The molecule has 2 N–H and O–H groups in total. The Hall–Kier alpha value is -2.49. The molecule has 7 nitrogen and oxygen atoms in total. The molecule has 0 bridgehead atoms. The van der Waals surface area contributed by atoms with Gasteiger partial charge < -0.3 is 15.4 Å². The molecule has 2 aromatic rings. The number of hydrogen-bond acceptors (Lipinski definition) is 8. The lowest BCUT2D eigenvalue weighted by Crippen LogP contribution is -2.48. The van der Waals surface area contributed by atoms with Gasteiger partial charge in [0.25, 0.3) is 0 Å². The van der Waals surface area contributed by atoms with Crippen LogP contribution in [0.15, 0.2) is 44.9 Å². The molecule has 1 aromatic heterocycles. The van der Waals surface area contributed by atoms with Gasteiger partial charge in [-0.25, -0.2) is 14.4 Å². The molecule has 2 fully saturated rings. The Kier molecular flexibility index (Phi) is 7.31. The van der Waals surface area contributed by atoms with Gasteiger partial charge in [0.15, 0.2) is 5.82 Å². The van der Waals surface area contributed by atoms with Gasteiger partial charge in [-0.1, -0.05) is 11.6 Å². The molecule has 0 spiro atoms. The van der Waals surface area contributed by atoms with Crippen molar-refractivity contribution >= 4 is 48.1 Å². The molecule has 4 rings (SSSR count). The number of benzene rings is 1. The maximum absolute atomic E-state index is 14.8. The summed E-state index contributed by atoms with van der Waals surface area (Å²) in [6, 6.07) is 4.91. The fraction of sp³-hybridized carbons (Fsp3) is 0.391. The van der Waals surface area contributed by atoms with E-state index in [1.54, 1.807) is 12.1 Å². The molecule has 2 aliphatic rings. The molecule has 2 unspecified atom stereocenters. The highest BCUT2D eigenvalue weighted by atomic mass is 35.5. The lowest BCUT2D eigenvalue weighted by atomic mass is 10.1. The van der Waals surface area contributed by atoms with E-state index in [2.05, 4.69) is 21.7 Å². The molecule has 1 saturated heterocycles. The molecule has 33 heavy (non-hydrogen) atoms. The first-order chi connectivity index (χ1) is 15.9. The van der Waals surface area contributed by atoms with Gasteiger partial charge in [-0.3, -0.25) is 4.99 Å². The number of anilines is 1. The summed E-state index contributed by atoms with van der Waals surface area (Å²) < 4.78 is 21.0. The third-order valence-electron chi connectivity index (χ3n) is 5.46. The Morgan fingerprint density at radius 2 is 2.15 bits per heavy atom. The maximum atomic E-state index is 14.8. The van der Waals surface area contributed by atoms with Gasteiger partial charge in [-0.05, 0) is 50.9 Å². The van der Waals surface area contributed by atoms with E-state index in [-0.39, 0.29) is 12.2 Å². The Morgan fingerprint density at radius 3 is 2.79 bits per heavy atom. The zero-order valence-corrected chi connectivity index (χ0v) is 20.1. The zero-order valence-electron chi connectivity index (χ0n) is 18.5. The Balaban J connectivity index is 1.72. The fourth-order valence-electron chi connectivity index (χ4n) is 3.68. The first-order valence-electron chi connectivity index (χ1n) is 10.7. The predicted molar refractivity (Wildman–Crippen MR) is 134 cm³/mol. The van der Waals surface area contributed by atoms with Gasteiger partial charge in [0, 0.05) is 35.1 Å². The van der Waals surface area contributed by atoms with Crippen molar-refractivity contribution < 1.29 is 9.13 Å². The van der Waals surface area contributed by atoms with Crippen molar-refractivity contribution in [3.63, 3.8) is 0 Å². The van der Waals surface area contributed by atoms with Crippen LogP contribution in [-0.2, 0) is 4.74 Å². The van der Waals surface area contributed by atoms with Crippen LogP contribution in [0.3, 0.4) is 0 Å². The topological polar surface area (TPSA) is 89.0 Å². The number of ether oxygens (including phenoxy) is 1. The number of nitrogens with two attached hydrogens (primary N) is 1. The standard InChI is InChI=1S/C23H26ClFN6OS/c1-13-11-31(12-19(32-13)14(9-26)10-28-16-5-6-16)23-29-20(21(33-3)22(27-2)30-23)17-7-4-15(24)8-18(17)25/h4,7-10,13,16,19H,2,5-6,11-12,26H2,1,3H3/b14-9+,28-10?. The zero-order chi connectivity index (χ0) is 23.5.